The van der Waals surface area contributed by atoms with Crippen LogP contribution >= 0.6 is 27.5 Å². The van der Waals surface area contributed by atoms with Gasteiger partial charge in [0.25, 0.3) is 0 Å². The molecule has 0 aliphatic rings. The van der Waals surface area contributed by atoms with Crippen molar-refractivity contribution in [3.05, 3.63) is 27.7 Å². The number of anilines is 1. The quantitative estimate of drug-likeness (QED) is 0.889. The average molecular weight is 306 g/mol. The van der Waals surface area contributed by atoms with Crippen LogP contribution in [0.3, 0.4) is 0 Å². The molecular weight excluding hydrogens is 288 g/mol. The number of rotatable bonds is 3. The second-order valence-corrected chi connectivity index (χ2v) is 6.19. The lowest BCUT2D eigenvalue weighted by atomic mass is 9.86. The first kappa shape index (κ1) is 13.8. The Labute approximate surface area is 111 Å². The average Bonchev–Trinajstić information content (AvgIpc) is 2.18. The van der Waals surface area contributed by atoms with Gasteiger partial charge in [-0.3, -0.25) is 0 Å². The smallest absolute Gasteiger partial charge is 0.0568 e. The fourth-order valence-corrected chi connectivity index (χ4v) is 1.84. The van der Waals surface area contributed by atoms with E-state index in [-0.39, 0.29) is 11.5 Å². The summed E-state index contributed by atoms with van der Waals surface area (Å²) in [6.45, 7) is 7.09. The molecule has 0 radical (unpaired) electrons. The van der Waals surface area contributed by atoms with Crippen LogP contribution < -0.4 is 11.1 Å². The zero-order valence-corrected chi connectivity index (χ0v) is 12.2. The highest BCUT2D eigenvalue weighted by atomic mass is 79.9. The second kappa shape index (κ2) is 5.39. The van der Waals surface area contributed by atoms with Gasteiger partial charge in [-0.25, -0.2) is 0 Å². The molecule has 0 amide bonds. The van der Waals surface area contributed by atoms with Crippen molar-refractivity contribution >= 4 is 33.2 Å². The van der Waals surface area contributed by atoms with Crippen LogP contribution in [0, 0.1) is 5.41 Å². The molecule has 0 bridgehead atoms. The van der Waals surface area contributed by atoms with E-state index in [4.69, 9.17) is 17.3 Å². The first-order chi connectivity index (χ1) is 7.34. The largest absolute Gasteiger partial charge is 0.380 e. The molecule has 0 aliphatic heterocycles. The van der Waals surface area contributed by atoms with Gasteiger partial charge in [-0.1, -0.05) is 32.4 Å². The zero-order valence-electron chi connectivity index (χ0n) is 9.85. The first-order valence-electron chi connectivity index (χ1n) is 5.26. The highest BCUT2D eigenvalue weighted by molar-refractivity contribution is 9.10. The van der Waals surface area contributed by atoms with E-state index in [0.717, 1.165) is 10.2 Å². The normalized spacial score (nSPS) is 13.6. The summed E-state index contributed by atoms with van der Waals surface area (Å²) in [7, 11) is 0. The Morgan fingerprint density at radius 3 is 2.50 bits per heavy atom. The molecule has 0 saturated heterocycles. The van der Waals surface area contributed by atoms with Gasteiger partial charge in [0, 0.05) is 22.7 Å². The van der Waals surface area contributed by atoms with Crippen LogP contribution in [0.2, 0.25) is 5.02 Å². The van der Waals surface area contributed by atoms with Crippen molar-refractivity contribution in [2.75, 3.05) is 11.9 Å². The van der Waals surface area contributed by atoms with E-state index < -0.39 is 0 Å². The summed E-state index contributed by atoms with van der Waals surface area (Å²) < 4.78 is 0.903. The van der Waals surface area contributed by atoms with Crippen LogP contribution in [0.5, 0.6) is 0 Å². The highest BCUT2D eigenvalue weighted by Gasteiger charge is 2.22. The number of nitrogens with two attached hydrogens (primary N) is 1. The van der Waals surface area contributed by atoms with Gasteiger partial charge in [0.15, 0.2) is 0 Å². The van der Waals surface area contributed by atoms with Gasteiger partial charge in [0.1, 0.15) is 0 Å². The number of halogens is 2. The van der Waals surface area contributed by atoms with Crippen LogP contribution in [0.4, 0.5) is 5.69 Å². The Balaban J connectivity index is 2.83. The minimum atomic E-state index is 0.119. The molecule has 16 heavy (non-hydrogen) atoms. The van der Waals surface area contributed by atoms with E-state index >= 15 is 0 Å². The molecule has 1 unspecified atom stereocenters. The minimum absolute atomic E-state index is 0.119. The molecule has 2 nitrogen and oxygen atoms in total. The molecule has 0 aromatic heterocycles. The number of benzene rings is 1. The van der Waals surface area contributed by atoms with Gasteiger partial charge in [0.2, 0.25) is 0 Å². The lowest BCUT2D eigenvalue weighted by Gasteiger charge is -2.31. The van der Waals surface area contributed by atoms with Crippen molar-refractivity contribution in [3.8, 4) is 0 Å². The molecule has 90 valence electrons. The summed E-state index contributed by atoms with van der Waals surface area (Å²) in [4.78, 5) is 0. The Kier molecular flexibility index (Phi) is 4.65. The Hall–Kier alpha value is -0.250. The van der Waals surface area contributed by atoms with Gasteiger partial charge in [-0.15, -0.1) is 0 Å². The van der Waals surface area contributed by atoms with E-state index in [9.17, 15) is 0 Å². The predicted molar refractivity (Wildman–Crippen MR) is 75.1 cm³/mol. The number of hydrogen-bond donors (Lipinski definition) is 2. The van der Waals surface area contributed by atoms with Gasteiger partial charge < -0.3 is 11.1 Å². The van der Waals surface area contributed by atoms with Crippen molar-refractivity contribution in [2.24, 2.45) is 11.1 Å². The van der Waals surface area contributed by atoms with Gasteiger partial charge in [-0.2, -0.15) is 0 Å². The highest BCUT2D eigenvalue weighted by Crippen LogP contribution is 2.28. The summed E-state index contributed by atoms with van der Waals surface area (Å²) >= 11 is 9.40. The van der Waals surface area contributed by atoms with Crippen LogP contribution in [0.15, 0.2) is 22.7 Å². The first-order valence-corrected chi connectivity index (χ1v) is 6.43. The molecular formula is C12H18BrClN2. The summed E-state index contributed by atoms with van der Waals surface area (Å²) in [6.07, 6.45) is 0. The molecule has 1 atom stereocenters. The molecule has 0 spiro atoms. The van der Waals surface area contributed by atoms with Crippen molar-refractivity contribution in [1.29, 1.82) is 0 Å². The summed E-state index contributed by atoms with van der Waals surface area (Å²) in [6, 6.07) is 6.05. The third kappa shape index (κ3) is 3.65. The van der Waals surface area contributed by atoms with Crippen LogP contribution in [-0.4, -0.2) is 12.6 Å². The molecule has 4 heteroatoms. The van der Waals surface area contributed by atoms with Crippen molar-refractivity contribution in [1.82, 2.24) is 0 Å². The Morgan fingerprint density at radius 2 is 2.06 bits per heavy atom. The molecule has 0 heterocycles. The standard InChI is InChI=1S/C12H18BrClN2/c1-12(2,3)11(7-15)16-8-4-5-9(13)10(14)6-8/h4-6,11,16H,7,15H2,1-3H3. The van der Waals surface area contributed by atoms with Crippen LogP contribution in [-0.2, 0) is 0 Å². The molecule has 0 aliphatic carbocycles. The molecule has 1 aromatic rings. The van der Waals surface area contributed by atoms with Crippen molar-refractivity contribution in [3.63, 3.8) is 0 Å². The summed E-state index contributed by atoms with van der Waals surface area (Å²) in [5, 5.41) is 4.11. The van der Waals surface area contributed by atoms with Gasteiger partial charge in [-0.05, 0) is 39.5 Å². The summed E-state index contributed by atoms with van der Waals surface area (Å²) in [5.41, 5.74) is 6.89. The molecule has 1 aromatic carbocycles. The topological polar surface area (TPSA) is 38.0 Å². The predicted octanol–water partition coefficient (Wildman–Crippen LogP) is 3.89. The fraction of sp³-hybridized carbons (Fsp3) is 0.500. The van der Waals surface area contributed by atoms with Crippen molar-refractivity contribution < 1.29 is 0 Å². The lowest BCUT2D eigenvalue weighted by Crippen LogP contribution is -2.40. The maximum Gasteiger partial charge on any atom is 0.0568 e. The zero-order chi connectivity index (χ0) is 12.3. The SMILES string of the molecule is CC(C)(C)C(CN)Nc1ccc(Br)c(Cl)c1. The van der Waals surface area contributed by atoms with Crippen LogP contribution in [0.25, 0.3) is 0 Å². The minimum Gasteiger partial charge on any atom is -0.380 e. The second-order valence-electron chi connectivity index (χ2n) is 4.93. The third-order valence-electron chi connectivity index (χ3n) is 2.54. The van der Waals surface area contributed by atoms with E-state index in [0.29, 0.717) is 11.6 Å². The monoisotopic (exact) mass is 304 g/mol. The van der Waals surface area contributed by atoms with E-state index in [1.807, 2.05) is 18.2 Å². The van der Waals surface area contributed by atoms with Gasteiger partial charge >= 0.3 is 0 Å². The van der Waals surface area contributed by atoms with Crippen molar-refractivity contribution in [2.45, 2.75) is 26.8 Å². The Morgan fingerprint density at radius 1 is 1.44 bits per heavy atom. The maximum absolute atomic E-state index is 6.04. The lowest BCUT2D eigenvalue weighted by molar-refractivity contribution is 0.346. The molecule has 1 rings (SSSR count). The summed E-state index contributed by atoms with van der Waals surface area (Å²) in [5.74, 6) is 0. The third-order valence-corrected chi connectivity index (χ3v) is 3.77. The Bertz CT molecular complexity index is 361. The molecule has 3 N–H and O–H groups in total. The molecule has 0 saturated carbocycles. The number of hydrogen-bond acceptors (Lipinski definition) is 2. The van der Waals surface area contributed by atoms with E-state index in [2.05, 4.69) is 42.0 Å². The van der Waals surface area contributed by atoms with Crippen LogP contribution in [0.1, 0.15) is 20.8 Å². The van der Waals surface area contributed by atoms with Gasteiger partial charge in [0.05, 0.1) is 5.02 Å². The van der Waals surface area contributed by atoms with E-state index in [1.165, 1.54) is 0 Å². The molecule has 0 fully saturated rings. The fourth-order valence-electron chi connectivity index (χ4n) is 1.42. The van der Waals surface area contributed by atoms with E-state index in [1.54, 1.807) is 0 Å². The maximum atomic E-state index is 6.04. The number of nitrogens with one attached hydrogen (secondary N) is 1.